The van der Waals surface area contributed by atoms with Gasteiger partial charge in [0.15, 0.2) is 11.2 Å². The van der Waals surface area contributed by atoms with Gasteiger partial charge in [0.05, 0.1) is 6.54 Å². The zero-order valence-corrected chi connectivity index (χ0v) is 20.6. The van der Waals surface area contributed by atoms with Crippen LogP contribution in [0.2, 0.25) is 5.02 Å². The molecule has 0 spiro atoms. The van der Waals surface area contributed by atoms with Crippen molar-refractivity contribution in [2.24, 2.45) is 13.0 Å². The Morgan fingerprint density at radius 2 is 1.76 bits per heavy atom. The lowest BCUT2D eigenvalue weighted by Gasteiger charge is -2.33. The average Bonchev–Trinajstić information content (AvgIpc) is 3.15. The van der Waals surface area contributed by atoms with Gasteiger partial charge in [0.2, 0.25) is 0 Å². The Balaban J connectivity index is 1.65. The van der Waals surface area contributed by atoms with Crippen molar-refractivity contribution in [1.82, 2.24) is 18.7 Å². The molecule has 0 bridgehead atoms. The van der Waals surface area contributed by atoms with Gasteiger partial charge < -0.3 is 9.47 Å². The second-order valence-corrected chi connectivity index (χ2v) is 9.59. The van der Waals surface area contributed by atoms with Crippen LogP contribution < -0.4 is 20.7 Å². The van der Waals surface area contributed by atoms with Crippen molar-refractivity contribution in [2.75, 3.05) is 0 Å². The predicted molar refractivity (Wildman–Crippen MR) is 130 cm³/mol. The van der Waals surface area contributed by atoms with Crippen LogP contribution in [0, 0.1) is 5.92 Å². The third-order valence-electron chi connectivity index (χ3n) is 6.36. The van der Waals surface area contributed by atoms with Crippen LogP contribution in [0.5, 0.6) is 17.5 Å². The highest BCUT2D eigenvalue weighted by Gasteiger charge is 2.33. The Morgan fingerprint density at radius 3 is 2.41 bits per heavy atom. The van der Waals surface area contributed by atoms with Crippen molar-refractivity contribution in [3.63, 3.8) is 0 Å². The van der Waals surface area contributed by atoms with Gasteiger partial charge in [-0.2, -0.15) is 4.98 Å². The molecule has 4 aromatic rings. The van der Waals surface area contributed by atoms with Gasteiger partial charge in [-0.05, 0) is 48.6 Å². The summed E-state index contributed by atoms with van der Waals surface area (Å²) in [5.41, 5.74) is 0.0255. The lowest BCUT2D eigenvalue weighted by atomic mass is 9.82. The van der Waals surface area contributed by atoms with E-state index in [1.807, 2.05) is 0 Å². The molecule has 0 N–H and O–H groups in total. The molecule has 0 aliphatic heterocycles. The summed E-state index contributed by atoms with van der Waals surface area (Å²) in [5, 5.41) is 0.529. The van der Waals surface area contributed by atoms with E-state index in [1.54, 1.807) is 24.3 Å². The maximum atomic E-state index is 13.7. The van der Waals surface area contributed by atoms with Crippen LogP contribution >= 0.6 is 11.6 Å². The van der Waals surface area contributed by atoms with Crippen LogP contribution in [0.25, 0.3) is 11.2 Å². The fourth-order valence-corrected chi connectivity index (χ4v) is 4.67. The van der Waals surface area contributed by atoms with E-state index in [9.17, 15) is 22.8 Å². The summed E-state index contributed by atoms with van der Waals surface area (Å²) in [6, 6.07) is 11.6. The minimum Gasteiger partial charge on any atom is -0.425 e. The summed E-state index contributed by atoms with van der Waals surface area (Å²) in [6.45, 7) is 2.19. The van der Waals surface area contributed by atoms with Crippen molar-refractivity contribution in [3.8, 4) is 17.5 Å². The normalized spacial score (nSPS) is 17.6. The third kappa shape index (κ3) is 4.95. The highest BCUT2D eigenvalue weighted by molar-refractivity contribution is 6.30. The molecule has 37 heavy (non-hydrogen) atoms. The highest BCUT2D eigenvalue weighted by Crippen LogP contribution is 2.36. The van der Waals surface area contributed by atoms with Crippen LogP contribution in [-0.2, 0) is 13.6 Å². The van der Waals surface area contributed by atoms with Crippen LogP contribution in [0.4, 0.5) is 13.2 Å². The number of hydrogen-bond donors (Lipinski definition) is 0. The van der Waals surface area contributed by atoms with Crippen LogP contribution in [0.1, 0.15) is 31.4 Å². The van der Waals surface area contributed by atoms with E-state index in [0.29, 0.717) is 23.8 Å². The number of alkyl halides is 3. The molecule has 1 aliphatic carbocycles. The Morgan fingerprint density at radius 1 is 1.08 bits per heavy atom. The Hall–Kier alpha value is -3.73. The van der Waals surface area contributed by atoms with Crippen molar-refractivity contribution >= 4 is 22.8 Å². The van der Waals surface area contributed by atoms with Crippen LogP contribution in [-0.4, -0.2) is 25.0 Å². The molecule has 1 saturated carbocycles. The first-order valence-corrected chi connectivity index (χ1v) is 11.9. The molecule has 0 radical (unpaired) electrons. The minimum atomic E-state index is -4.87. The monoisotopic (exact) mass is 534 g/mol. The summed E-state index contributed by atoms with van der Waals surface area (Å²) in [7, 11) is 1.52. The summed E-state index contributed by atoms with van der Waals surface area (Å²) < 4.78 is 52.0. The number of fused-ring (bicyclic) bond motifs is 1. The van der Waals surface area contributed by atoms with Gasteiger partial charge in [-0.15, -0.1) is 13.2 Å². The largest absolute Gasteiger partial charge is 0.573 e. The maximum Gasteiger partial charge on any atom is 0.573 e. The van der Waals surface area contributed by atoms with E-state index in [1.165, 1.54) is 32.9 Å². The molecular formula is C25H22ClF3N4O4. The summed E-state index contributed by atoms with van der Waals surface area (Å²) in [4.78, 5) is 31.2. The number of aryl methyl sites for hydroxylation is 1. The van der Waals surface area contributed by atoms with Crippen molar-refractivity contribution in [3.05, 3.63) is 80.0 Å². The number of ether oxygens (including phenoxy) is 2. The highest BCUT2D eigenvalue weighted by atomic mass is 35.5. The number of hydrogen-bond acceptors (Lipinski definition) is 5. The lowest BCUT2D eigenvalue weighted by molar-refractivity contribution is -0.274. The molecule has 5 rings (SSSR count). The number of rotatable bonds is 6. The molecule has 2 aromatic heterocycles. The minimum absolute atomic E-state index is 0.00700. The summed E-state index contributed by atoms with van der Waals surface area (Å²) in [5.74, 6) is -0.0619. The van der Waals surface area contributed by atoms with E-state index in [4.69, 9.17) is 16.3 Å². The van der Waals surface area contributed by atoms with Gasteiger partial charge in [-0.1, -0.05) is 36.7 Å². The summed E-state index contributed by atoms with van der Waals surface area (Å²) in [6.07, 6.45) is -3.45. The van der Waals surface area contributed by atoms with E-state index in [0.717, 1.165) is 17.7 Å². The first-order chi connectivity index (χ1) is 17.5. The zero-order valence-electron chi connectivity index (χ0n) is 19.8. The summed E-state index contributed by atoms with van der Waals surface area (Å²) >= 11 is 6.01. The SMILES string of the molecule is CC1CC(n2c(=O)c3c(nc(Oc4cccc(OC(F)(F)F)c4)n3Cc3ccc(Cl)cc3)n(C)c2=O)C1. The van der Waals surface area contributed by atoms with Crippen LogP contribution in [0.15, 0.2) is 58.1 Å². The predicted octanol–water partition coefficient (Wildman–Crippen LogP) is 5.26. The fraction of sp³-hybridized carbons (Fsp3) is 0.320. The zero-order chi connectivity index (χ0) is 26.5. The molecule has 0 amide bonds. The van der Waals surface area contributed by atoms with Crippen molar-refractivity contribution < 1.29 is 22.6 Å². The molecule has 0 saturated heterocycles. The van der Waals surface area contributed by atoms with Gasteiger partial charge in [-0.25, -0.2) is 4.79 Å². The Labute approximate surface area is 213 Å². The van der Waals surface area contributed by atoms with Crippen LogP contribution in [0.3, 0.4) is 0 Å². The number of benzene rings is 2. The molecule has 12 heteroatoms. The molecular weight excluding hydrogens is 513 g/mol. The van der Waals surface area contributed by atoms with Gasteiger partial charge in [-0.3, -0.25) is 18.5 Å². The van der Waals surface area contributed by atoms with E-state index in [-0.39, 0.29) is 35.5 Å². The second-order valence-electron chi connectivity index (χ2n) is 9.15. The van der Waals surface area contributed by atoms with Crippen molar-refractivity contribution in [2.45, 2.75) is 38.7 Å². The maximum absolute atomic E-state index is 13.7. The first kappa shape index (κ1) is 24.9. The van der Waals surface area contributed by atoms with Crippen molar-refractivity contribution in [1.29, 1.82) is 0 Å². The van der Waals surface area contributed by atoms with Gasteiger partial charge in [0.1, 0.15) is 11.5 Å². The number of nitrogens with zero attached hydrogens (tertiary/aromatic N) is 4. The van der Waals surface area contributed by atoms with Gasteiger partial charge >= 0.3 is 18.1 Å². The second kappa shape index (κ2) is 9.29. The van der Waals surface area contributed by atoms with E-state index in [2.05, 4.69) is 16.6 Å². The molecule has 1 aliphatic rings. The molecule has 194 valence electrons. The Bertz CT molecular complexity index is 1590. The number of imidazole rings is 1. The standard InChI is InChI=1S/C25H22ClF3N4O4/c1-14-10-17(11-14)33-22(34)20-21(31(2)24(33)35)30-23(32(20)13-15-6-8-16(26)9-7-15)36-18-4-3-5-19(12-18)37-25(27,28)29/h3-9,12,14,17H,10-11,13H2,1-2H3. The third-order valence-corrected chi connectivity index (χ3v) is 6.61. The molecule has 0 atom stereocenters. The molecule has 1 fully saturated rings. The topological polar surface area (TPSA) is 80.3 Å². The van der Waals surface area contributed by atoms with E-state index < -0.39 is 23.4 Å². The molecule has 2 aromatic carbocycles. The van der Waals surface area contributed by atoms with E-state index >= 15 is 0 Å². The smallest absolute Gasteiger partial charge is 0.425 e. The van der Waals surface area contributed by atoms with Gasteiger partial charge in [0, 0.05) is 24.2 Å². The Kier molecular flexibility index (Phi) is 6.26. The molecule has 2 heterocycles. The number of aromatic nitrogens is 4. The molecule has 8 nitrogen and oxygen atoms in total. The number of halogens is 4. The quantitative estimate of drug-likeness (QED) is 0.337. The fourth-order valence-electron chi connectivity index (χ4n) is 4.55. The lowest BCUT2D eigenvalue weighted by Crippen LogP contribution is -2.45. The molecule has 0 unspecified atom stereocenters. The average molecular weight is 535 g/mol. The van der Waals surface area contributed by atoms with Gasteiger partial charge in [0.25, 0.3) is 5.56 Å². The first-order valence-electron chi connectivity index (χ1n) is 11.5.